The first-order valence-electron chi connectivity index (χ1n) is 4.27. The van der Waals surface area contributed by atoms with E-state index >= 15 is 0 Å². The van der Waals surface area contributed by atoms with Gasteiger partial charge in [-0.25, -0.2) is 0 Å². The van der Waals surface area contributed by atoms with Gasteiger partial charge in [0.05, 0.1) is 14.4 Å². The van der Waals surface area contributed by atoms with Crippen molar-refractivity contribution in [1.29, 1.82) is 0 Å². The van der Waals surface area contributed by atoms with Crippen LogP contribution in [0.25, 0.3) is 0 Å². The van der Waals surface area contributed by atoms with Crippen molar-refractivity contribution in [2.75, 3.05) is 6.61 Å². The van der Waals surface area contributed by atoms with Crippen LogP contribution in [-0.4, -0.2) is 57.7 Å². The molecule has 0 aromatic carbocycles. The Morgan fingerprint density at radius 3 is 2.19 bits per heavy atom. The van der Waals surface area contributed by atoms with Crippen molar-refractivity contribution in [3.63, 3.8) is 0 Å². The van der Waals surface area contributed by atoms with Gasteiger partial charge in [-0.05, 0) is 0 Å². The number of ether oxygens (including phenoxy) is 1. The van der Waals surface area contributed by atoms with Crippen molar-refractivity contribution in [2.45, 2.75) is 30.7 Å². The van der Waals surface area contributed by atoms with Gasteiger partial charge >= 0.3 is 0 Å². The summed E-state index contributed by atoms with van der Waals surface area (Å²) in [5.74, 6) is 0. The van der Waals surface area contributed by atoms with Gasteiger partial charge in [0.1, 0.15) is 24.4 Å². The molecule has 0 aromatic heterocycles. The van der Waals surface area contributed by atoms with Crippen molar-refractivity contribution in [2.24, 2.45) is 0 Å². The highest BCUT2D eigenvalue weighted by Crippen LogP contribution is 2.33. The molecule has 1 unspecified atom stereocenters. The largest absolute Gasteiger partial charge is 0.790 e. The number of hydrogen-bond donors (Lipinski definition) is 4. The predicted octanol–water partition coefficient (Wildman–Crippen LogP) is -4.37. The lowest BCUT2D eigenvalue weighted by atomic mass is 10.00. The minimum Gasteiger partial charge on any atom is -0.790 e. The smallest absolute Gasteiger partial charge is 0.191 e. The zero-order valence-electron chi connectivity index (χ0n) is 7.87. The van der Waals surface area contributed by atoms with Crippen LogP contribution in [0, 0.1) is 0 Å². The molecule has 0 amide bonds. The van der Waals surface area contributed by atoms with Crippen LogP contribution in [0.5, 0.6) is 0 Å². The van der Waals surface area contributed by atoms with Gasteiger partial charge in [0.25, 0.3) is 0 Å². The Hall–Kier alpha value is -0.0900. The molecular weight excluding hydrogens is 247 g/mol. The summed E-state index contributed by atoms with van der Waals surface area (Å²) in [5.41, 5.74) is 0. The number of hydrogen-bond acceptors (Lipinski definition) is 9. The van der Waals surface area contributed by atoms with Crippen LogP contribution in [0.4, 0.5) is 0 Å². The minimum absolute atomic E-state index is 0.743. The Balaban J connectivity index is 2.75. The van der Waals surface area contributed by atoms with Gasteiger partial charge in [-0.1, -0.05) is 0 Å². The summed E-state index contributed by atoms with van der Waals surface area (Å²) in [6.07, 6.45) is -8.61. The van der Waals surface area contributed by atoms with E-state index in [0.29, 0.717) is 0 Å². The predicted molar refractivity (Wildman–Crippen MR) is 42.5 cm³/mol. The lowest BCUT2D eigenvalue weighted by molar-refractivity contribution is -0.368. The van der Waals surface area contributed by atoms with Crippen molar-refractivity contribution in [3.8, 4) is 0 Å². The van der Waals surface area contributed by atoms with Gasteiger partial charge in [-0.3, -0.25) is 0 Å². The standard InChI is InChI=1S/C6H13O9P/c7-1-2-3(8)4(9)5(10)6(14-2)15-16(11,12)13/h2-10H,1H2,(H2,11,12,13)/p-2/t2-,3+,4+,5-,6?/m1/s1. The second-order valence-corrected chi connectivity index (χ2v) is 4.36. The van der Waals surface area contributed by atoms with Crippen LogP contribution in [0.15, 0.2) is 0 Å². The summed E-state index contributed by atoms with van der Waals surface area (Å²) >= 11 is 0. The van der Waals surface area contributed by atoms with Gasteiger partial charge < -0.3 is 44.0 Å². The third kappa shape index (κ3) is 3.20. The Morgan fingerprint density at radius 2 is 1.75 bits per heavy atom. The molecule has 4 N–H and O–H groups in total. The van der Waals surface area contributed by atoms with Gasteiger partial charge in [0.2, 0.25) is 0 Å². The van der Waals surface area contributed by atoms with Gasteiger partial charge in [0.15, 0.2) is 6.29 Å². The number of phosphoric ester groups is 1. The van der Waals surface area contributed by atoms with E-state index in [-0.39, 0.29) is 0 Å². The number of aliphatic hydroxyl groups is 4. The van der Waals surface area contributed by atoms with Crippen LogP contribution in [0.1, 0.15) is 0 Å². The number of phosphoric acid groups is 1. The van der Waals surface area contributed by atoms with Gasteiger partial charge in [-0.2, -0.15) is 0 Å². The number of rotatable bonds is 3. The molecule has 1 rings (SSSR count). The Bertz CT molecular complexity index is 275. The normalized spacial score (nSPS) is 41.0. The molecule has 16 heavy (non-hydrogen) atoms. The fourth-order valence-electron chi connectivity index (χ4n) is 1.28. The zero-order valence-corrected chi connectivity index (χ0v) is 8.77. The average Bonchev–Trinajstić information content (AvgIpc) is 2.17. The maximum absolute atomic E-state index is 10.3. The van der Waals surface area contributed by atoms with E-state index in [1.165, 1.54) is 0 Å². The third-order valence-electron chi connectivity index (χ3n) is 2.08. The molecule has 5 atom stereocenters. The van der Waals surface area contributed by atoms with Crippen molar-refractivity contribution >= 4 is 7.82 Å². The summed E-state index contributed by atoms with van der Waals surface area (Å²) in [4.78, 5) is 20.6. The second kappa shape index (κ2) is 5.05. The van der Waals surface area contributed by atoms with Crippen LogP contribution >= 0.6 is 7.82 Å². The van der Waals surface area contributed by atoms with Crippen molar-refractivity contribution < 1.29 is 44.0 Å². The first kappa shape index (κ1) is 14.0. The van der Waals surface area contributed by atoms with Crippen LogP contribution < -0.4 is 9.79 Å². The monoisotopic (exact) mass is 258 g/mol. The molecule has 1 aliphatic rings. The fourth-order valence-corrected chi connectivity index (χ4v) is 1.71. The van der Waals surface area contributed by atoms with E-state index in [4.69, 9.17) is 5.11 Å². The molecular formula is C6H11O9P-2. The van der Waals surface area contributed by atoms with Gasteiger partial charge in [0, 0.05) is 0 Å². The Labute approximate surface area is 90.1 Å². The summed E-state index contributed by atoms with van der Waals surface area (Å²) in [5, 5.41) is 36.5. The molecule has 1 heterocycles. The zero-order chi connectivity index (χ0) is 12.5. The molecule has 0 aliphatic carbocycles. The molecule has 0 aromatic rings. The molecule has 1 aliphatic heterocycles. The summed E-state index contributed by atoms with van der Waals surface area (Å²) in [6, 6.07) is 0. The topological polar surface area (TPSA) is 163 Å². The fraction of sp³-hybridized carbons (Fsp3) is 1.00. The van der Waals surface area contributed by atoms with E-state index in [0.717, 1.165) is 0 Å². The average molecular weight is 258 g/mol. The first-order valence-corrected chi connectivity index (χ1v) is 5.73. The number of aliphatic hydroxyl groups excluding tert-OH is 4. The van der Waals surface area contributed by atoms with E-state index in [9.17, 15) is 29.7 Å². The maximum Gasteiger partial charge on any atom is 0.191 e. The molecule has 10 heteroatoms. The molecule has 9 nitrogen and oxygen atoms in total. The summed E-state index contributed by atoms with van der Waals surface area (Å²) in [7, 11) is -5.41. The third-order valence-corrected chi connectivity index (χ3v) is 2.55. The highest BCUT2D eigenvalue weighted by atomic mass is 31.2. The Morgan fingerprint density at radius 1 is 1.19 bits per heavy atom. The maximum atomic E-state index is 10.3. The summed E-state index contributed by atoms with van der Waals surface area (Å²) in [6.45, 7) is -0.743. The lowest BCUT2D eigenvalue weighted by Crippen LogP contribution is -2.59. The van der Waals surface area contributed by atoms with Crippen LogP contribution in [-0.2, 0) is 13.8 Å². The lowest BCUT2D eigenvalue weighted by Gasteiger charge is -2.43. The van der Waals surface area contributed by atoms with Crippen molar-refractivity contribution in [3.05, 3.63) is 0 Å². The quantitative estimate of drug-likeness (QED) is 0.366. The second-order valence-electron chi connectivity index (χ2n) is 3.25. The molecule has 0 radical (unpaired) electrons. The summed E-state index contributed by atoms with van der Waals surface area (Å²) < 4.78 is 18.7. The minimum atomic E-state index is -5.41. The molecule has 0 spiro atoms. The van der Waals surface area contributed by atoms with E-state index in [1.807, 2.05) is 0 Å². The van der Waals surface area contributed by atoms with E-state index < -0.39 is 45.1 Å². The highest BCUT2D eigenvalue weighted by Gasteiger charge is 2.44. The van der Waals surface area contributed by atoms with Crippen LogP contribution in [0.3, 0.4) is 0 Å². The van der Waals surface area contributed by atoms with E-state index in [1.54, 1.807) is 0 Å². The molecule has 0 bridgehead atoms. The SMILES string of the molecule is O=P([O-])([O-])OC1O[C@H](CO)[C@H](O)[C@H](O)[C@H]1O. The molecule has 1 fully saturated rings. The van der Waals surface area contributed by atoms with Crippen molar-refractivity contribution in [1.82, 2.24) is 0 Å². The molecule has 96 valence electrons. The van der Waals surface area contributed by atoms with Gasteiger partial charge in [-0.15, -0.1) is 0 Å². The molecule has 1 saturated heterocycles. The first-order chi connectivity index (χ1) is 7.26. The Kier molecular flexibility index (Phi) is 4.41. The highest BCUT2D eigenvalue weighted by molar-refractivity contribution is 7.43. The van der Waals surface area contributed by atoms with Crippen LogP contribution in [0.2, 0.25) is 0 Å². The molecule has 0 saturated carbocycles. The van der Waals surface area contributed by atoms with E-state index in [2.05, 4.69) is 9.26 Å².